The molecule has 0 bridgehead atoms. The van der Waals surface area contributed by atoms with E-state index in [9.17, 15) is 13.2 Å². The number of hydrogen-bond donors (Lipinski definition) is 0. The number of amides is 1. The highest BCUT2D eigenvalue weighted by atomic mass is 35.5. The fraction of sp³-hybridized carbons (Fsp3) is 0.476. The van der Waals surface area contributed by atoms with Crippen molar-refractivity contribution in [2.75, 3.05) is 19.6 Å². The lowest BCUT2D eigenvalue weighted by molar-refractivity contribution is -0.139. The van der Waals surface area contributed by atoms with Gasteiger partial charge in [-0.1, -0.05) is 36.2 Å². The molecule has 0 radical (unpaired) electrons. The second kappa shape index (κ2) is 8.79. The van der Waals surface area contributed by atoms with Crippen LogP contribution in [0.4, 0.5) is 0 Å². The monoisotopic (exact) mass is 486 g/mol. The van der Waals surface area contributed by atoms with E-state index < -0.39 is 10.0 Å². The van der Waals surface area contributed by atoms with Crippen LogP contribution in [0.5, 0.6) is 0 Å². The summed E-state index contributed by atoms with van der Waals surface area (Å²) in [6.45, 7) is 3.42. The second-order valence-corrected chi connectivity index (χ2v) is 11.4. The Morgan fingerprint density at radius 3 is 2.43 bits per heavy atom. The fourth-order valence-corrected chi connectivity index (χ4v) is 8.03. The molecule has 0 saturated carbocycles. The Morgan fingerprint density at radius 1 is 1.13 bits per heavy atom. The van der Waals surface area contributed by atoms with Gasteiger partial charge in [0.05, 0.1) is 16.1 Å². The van der Waals surface area contributed by atoms with Gasteiger partial charge in [0.1, 0.15) is 4.90 Å². The van der Waals surface area contributed by atoms with Crippen LogP contribution in [0.2, 0.25) is 10.0 Å². The van der Waals surface area contributed by atoms with E-state index in [1.54, 1.807) is 17.4 Å². The molecule has 30 heavy (non-hydrogen) atoms. The molecule has 1 aromatic carbocycles. The van der Waals surface area contributed by atoms with E-state index >= 15 is 0 Å². The van der Waals surface area contributed by atoms with Crippen LogP contribution in [-0.4, -0.2) is 43.2 Å². The van der Waals surface area contributed by atoms with E-state index in [4.69, 9.17) is 23.2 Å². The quantitative estimate of drug-likeness (QED) is 0.611. The highest BCUT2D eigenvalue weighted by molar-refractivity contribution is 7.89. The summed E-state index contributed by atoms with van der Waals surface area (Å²) in [7, 11) is -3.80. The van der Waals surface area contributed by atoms with Gasteiger partial charge in [-0.25, -0.2) is 8.42 Å². The number of benzene rings is 1. The molecule has 1 amide bonds. The molecule has 0 aliphatic carbocycles. The van der Waals surface area contributed by atoms with Gasteiger partial charge in [0.15, 0.2) is 0 Å². The largest absolute Gasteiger partial charge is 0.335 e. The number of fused-ring (bicyclic) bond motifs is 1. The maximum atomic E-state index is 13.3. The minimum atomic E-state index is -3.80. The first kappa shape index (κ1) is 22.1. The summed E-state index contributed by atoms with van der Waals surface area (Å²) < 4.78 is 27.5. The number of carbonyl (C=O) groups is 1. The normalized spacial score (nSPS) is 20.9. The zero-order valence-electron chi connectivity index (χ0n) is 16.7. The van der Waals surface area contributed by atoms with Gasteiger partial charge >= 0.3 is 0 Å². The van der Waals surface area contributed by atoms with Gasteiger partial charge in [0, 0.05) is 30.4 Å². The number of rotatable bonds is 4. The Kier molecular flexibility index (Phi) is 6.47. The summed E-state index contributed by atoms with van der Waals surface area (Å²) in [6.07, 6.45) is 2.79. The number of thiophene rings is 1. The molecule has 0 N–H and O–H groups in total. The Bertz CT molecular complexity index is 1030. The van der Waals surface area contributed by atoms with Crippen LogP contribution in [0.15, 0.2) is 34.5 Å². The SMILES string of the molecule is CC[C@@H]1c2ccsc2CCN1C(=O)C1CCN(S(=O)(=O)c2c(Cl)cccc2Cl)CC1. The fourth-order valence-electron chi connectivity index (χ4n) is 4.54. The average molecular weight is 487 g/mol. The van der Waals surface area contributed by atoms with Crippen molar-refractivity contribution in [1.82, 2.24) is 9.21 Å². The first-order valence-corrected chi connectivity index (χ1v) is 13.2. The van der Waals surface area contributed by atoms with Crippen LogP contribution in [0.1, 0.15) is 42.7 Å². The van der Waals surface area contributed by atoms with Gasteiger partial charge in [-0.05, 0) is 54.8 Å². The van der Waals surface area contributed by atoms with Gasteiger partial charge < -0.3 is 4.90 Å². The van der Waals surface area contributed by atoms with Crippen molar-refractivity contribution < 1.29 is 13.2 Å². The van der Waals surface area contributed by atoms with E-state index in [2.05, 4.69) is 18.4 Å². The molecule has 4 rings (SSSR count). The molecule has 0 unspecified atom stereocenters. The van der Waals surface area contributed by atoms with Crippen LogP contribution in [-0.2, 0) is 21.2 Å². The lowest BCUT2D eigenvalue weighted by atomic mass is 9.92. The minimum Gasteiger partial charge on any atom is -0.335 e. The summed E-state index contributed by atoms with van der Waals surface area (Å²) in [6, 6.07) is 6.93. The van der Waals surface area contributed by atoms with Crippen molar-refractivity contribution in [1.29, 1.82) is 0 Å². The smallest absolute Gasteiger partial charge is 0.246 e. The van der Waals surface area contributed by atoms with E-state index in [1.165, 1.54) is 26.9 Å². The third kappa shape index (κ3) is 3.91. The molecule has 2 aromatic rings. The van der Waals surface area contributed by atoms with Gasteiger partial charge in [0.2, 0.25) is 15.9 Å². The van der Waals surface area contributed by atoms with Crippen molar-refractivity contribution in [2.24, 2.45) is 5.92 Å². The third-order valence-corrected chi connectivity index (χ3v) is 9.94. The maximum Gasteiger partial charge on any atom is 0.246 e. The van der Waals surface area contributed by atoms with Crippen LogP contribution in [0, 0.1) is 5.92 Å². The highest BCUT2D eigenvalue weighted by Gasteiger charge is 2.38. The van der Waals surface area contributed by atoms with Crippen molar-refractivity contribution in [3.05, 3.63) is 50.1 Å². The van der Waals surface area contributed by atoms with Crippen molar-refractivity contribution in [2.45, 2.75) is 43.5 Å². The van der Waals surface area contributed by atoms with Crippen LogP contribution in [0.3, 0.4) is 0 Å². The lowest BCUT2D eigenvalue weighted by Gasteiger charge is -2.39. The number of hydrogen-bond acceptors (Lipinski definition) is 4. The molecule has 5 nitrogen and oxygen atoms in total. The van der Waals surface area contributed by atoms with E-state index in [0.717, 1.165) is 19.4 Å². The molecule has 1 aromatic heterocycles. The van der Waals surface area contributed by atoms with Gasteiger partial charge in [0.25, 0.3) is 0 Å². The Hall–Kier alpha value is -1.12. The molecule has 1 atom stereocenters. The molecule has 2 aliphatic heterocycles. The summed E-state index contributed by atoms with van der Waals surface area (Å²) in [5, 5.41) is 2.34. The van der Waals surface area contributed by atoms with E-state index in [-0.39, 0.29) is 45.9 Å². The molecule has 1 fully saturated rings. The number of sulfonamides is 1. The van der Waals surface area contributed by atoms with Crippen molar-refractivity contribution in [3.8, 4) is 0 Å². The van der Waals surface area contributed by atoms with Crippen LogP contribution in [0.25, 0.3) is 0 Å². The predicted molar refractivity (Wildman–Crippen MR) is 121 cm³/mol. The number of carbonyl (C=O) groups excluding carboxylic acids is 1. The predicted octanol–water partition coefficient (Wildman–Crippen LogP) is 4.99. The maximum absolute atomic E-state index is 13.3. The van der Waals surface area contributed by atoms with Gasteiger partial charge in [-0.15, -0.1) is 11.3 Å². The summed E-state index contributed by atoms with van der Waals surface area (Å²) in [5.41, 5.74) is 1.27. The van der Waals surface area contributed by atoms with E-state index in [0.29, 0.717) is 12.8 Å². The van der Waals surface area contributed by atoms with E-state index in [1.807, 2.05) is 4.90 Å². The van der Waals surface area contributed by atoms with Crippen molar-refractivity contribution in [3.63, 3.8) is 0 Å². The Morgan fingerprint density at radius 2 is 1.80 bits per heavy atom. The number of halogens is 2. The average Bonchev–Trinajstić information content (AvgIpc) is 3.21. The summed E-state index contributed by atoms with van der Waals surface area (Å²) >= 11 is 14.0. The molecule has 3 heterocycles. The molecule has 1 saturated heterocycles. The zero-order chi connectivity index (χ0) is 21.5. The van der Waals surface area contributed by atoms with Crippen LogP contribution >= 0.6 is 34.5 Å². The summed E-state index contributed by atoms with van der Waals surface area (Å²) in [5.74, 6) is -0.0149. The van der Waals surface area contributed by atoms with Gasteiger partial charge in [-0.2, -0.15) is 4.31 Å². The molecule has 9 heteroatoms. The molecule has 162 valence electrons. The molecular weight excluding hydrogens is 463 g/mol. The molecule has 0 spiro atoms. The van der Waals surface area contributed by atoms with Crippen molar-refractivity contribution >= 4 is 50.5 Å². The second-order valence-electron chi connectivity index (χ2n) is 7.73. The Labute approximate surface area is 191 Å². The number of nitrogens with zero attached hydrogens (tertiary/aromatic N) is 2. The topological polar surface area (TPSA) is 57.7 Å². The summed E-state index contributed by atoms with van der Waals surface area (Å²) in [4.78, 5) is 16.6. The minimum absolute atomic E-state index is 0.0508. The first-order chi connectivity index (χ1) is 14.3. The first-order valence-electron chi connectivity index (χ1n) is 10.2. The molecular formula is C21H24Cl2N2O3S2. The lowest BCUT2D eigenvalue weighted by Crippen LogP contribution is -2.47. The van der Waals surface area contributed by atoms with Gasteiger partial charge in [-0.3, -0.25) is 4.79 Å². The molecule has 2 aliphatic rings. The number of piperidine rings is 1. The van der Waals surface area contributed by atoms with Crippen LogP contribution < -0.4 is 0 Å². The third-order valence-electron chi connectivity index (χ3n) is 6.08. The highest BCUT2D eigenvalue weighted by Crippen LogP contribution is 2.38. The standard InChI is InChI=1S/C21H24Cl2N2O3S2/c1-2-18-15-9-13-29-19(15)8-12-25(18)21(26)14-6-10-24(11-7-14)30(27,28)20-16(22)4-3-5-17(20)23/h3-5,9,13-14,18H,2,6-8,10-12H2,1H3/t18-/m1/s1. The zero-order valence-corrected chi connectivity index (χ0v) is 19.8. The Balaban J connectivity index is 1.46.